The molecule has 2 aromatic carbocycles. The number of aliphatic carboxylic acids is 1. The summed E-state index contributed by atoms with van der Waals surface area (Å²) in [6.45, 7) is 2.81. The lowest BCUT2D eigenvalue weighted by Gasteiger charge is -2.19. The van der Waals surface area contributed by atoms with Crippen LogP contribution < -0.4 is 5.32 Å². The van der Waals surface area contributed by atoms with Gasteiger partial charge in [-0.2, -0.15) is 0 Å². The average molecular weight is 383 g/mol. The number of alkyl carbamates (subject to hydrolysis) is 1. The lowest BCUT2D eigenvalue weighted by molar-refractivity contribution is -0.137. The van der Waals surface area contributed by atoms with Crippen LogP contribution in [-0.4, -0.2) is 43.0 Å². The summed E-state index contributed by atoms with van der Waals surface area (Å²) in [6.07, 6.45) is -0.0215. The van der Waals surface area contributed by atoms with Crippen LogP contribution in [0.15, 0.2) is 48.5 Å². The number of carbonyl (C=O) groups excluding carboxylic acids is 1. The van der Waals surface area contributed by atoms with E-state index in [9.17, 15) is 9.59 Å². The Morgan fingerprint density at radius 2 is 1.68 bits per heavy atom. The minimum Gasteiger partial charge on any atom is -0.481 e. The maximum absolute atomic E-state index is 12.3. The Balaban J connectivity index is 1.63. The predicted molar refractivity (Wildman–Crippen MR) is 105 cm³/mol. The van der Waals surface area contributed by atoms with Crippen LogP contribution in [0.2, 0.25) is 0 Å². The molecule has 0 saturated heterocycles. The molecule has 1 aliphatic carbocycles. The standard InChI is InChI=1S/C22H25NO5/c1-2-11-27-13-15(12-21(24)25)23-22(26)28-14-20-18-9-5-3-7-16(18)17-8-4-6-10-19(17)20/h3-10,15,20H,2,11-14H2,1H3,(H,23,26)(H,24,25). The fourth-order valence-electron chi connectivity index (χ4n) is 3.54. The molecule has 0 radical (unpaired) electrons. The summed E-state index contributed by atoms with van der Waals surface area (Å²) in [7, 11) is 0. The molecule has 1 amide bonds. The first-order chi connectivity index (χ1) is 13.6. The van der Waals surface area contributed by atoms with Gasteiger partial charge in [0.15, 0.2) is 0 Å². The lowest BCUT2D eigenvalue weighted by Crippen LogP contribution is -2.40. The number of carbonyl (C=O) groups is 2. The largest absolute Gasteiger partial charge is 0.481 e. The number of nitrogens with one attached hydrogen (secondary N) is 1. The molecule has 0 saturated carbocycles. The van der Waals surface area contributed by atoms with Crippen LogP contribution in [0.3, 0.4) is 0 Å². The molecule has 148 valence electrons. The van der Waals surface area contributed by atoms with Crippen LogP contribution in [0.25, 0.3) is 11.1 Å². The number of fused-ring (bicyclic) bond motifs is 3. The van der Waals surface area contributed by atoms with E-state index in [2.05, 4.69) is 17.4 Å². The molecule has 6 nitrogen and oxygen atoms in total. The van der Waals surface area contributed by atoms with Gasteiger partial charge < -0.3 is 19.9 Å². The fourth-order valence-corrected chi connectivity index (χ4v) is 3.54. The van der Waals surface area contributed by atoms with Crippen LogP contribution in [0.1, 0.15) is 36.8 Å². The van der Waals surface area contributed by atoms with Gasteiger partial charge in [-0.15, -0.1) is 0 Å². The van der Waals surface area contributed by atoms with Crippen molar-refractivity contribution in [3.05, 3.63) is 59.7 Å². The van der Waals surface area contributed by atoms with E-state index < -0.39 is 18.1 Å². The van der Waals surface area contributed by atoms with Crippen LogP contribution in [0.4, 0.5) is 4.79 Å². The van der Waals surface area contributed by atoms with Crippen molar-refractivity contribution in [3.63, 3.8) is 0 Å². The number of rotatable bonds is 9. The third-order valence-corrected chi connectivity index (χ3v) is 4.75. The molecule has 1 unspecified atom stereocenters. The van der Waals surface area contributed by atoms with Gasteiger partial charge in [-0.1, -0.05) is 55.5 Å². The van der Waals surface area contributed by atoms with Gasteiger partial charge in [0.05, 0.1) is 19.1 Å². The highest BCUT2D eigenvalue weighted by molar-refractivity contribution is 5.79. The number of amides is 1. The average Bonchev–Trinajstić information content (AvgIpc) is 3.00. The second-order valence-electron chi connectivity index (χ2n) is 6.84. The van der Waals surface area contributed by atoms with Gasteiger partial charge in [0.1, 0.15) is 6.61 Å². The summed E-state index contributed by atoms with van der Waals surface area (Å²) in [6, 6.07) is 15.6. The second kappa shape index (κ2) is 9.37. The Bertz CT molecular complexity index is 790. The highest BCUT2D eigenvalue weighted by Gasteiger charge is 2.29. The number of ether oxygens (including phenoxy) is 2. The first-order valence-electron chi connectivity index (χ1n) is 9.51. The minimum atomic E-state index is -0.996. The van der Waals surface area contributed by atoms with E-state index in [1.165, 1.54) is 0 Å². The molecule has 6 heteroatoms. The van der Waals surface area contributed by atoms with E-state index in [0.717, 1.165) is 28.7 Å². The first kappa shape index (κ1) is 19.9. The van der Waals surface area contributed by atoms with Crippen LogP contribution in [0.5, 0.6) is 0 Å². The van der Waals surface area contributed by atoms with Gasteiger partial charge >= 0.3 is 12.1 Å². The van der Waals surface area contributed by atoms with E-state index in [1.807, 2.05) is 43.3 Å². The third kappa shape index (κ3) is 4.70. The zero-order chi connectivity index (χ0) is 19.9. The Labute approximate surface area is 164 Å². The number of benzene rings is 2. The van der Waals surface area contributed by atoms with Crippen LogP contribution >= 0.6 is 0 Å². The Morgan fingerprint density at radius 1 is 1.07 bits per heavy atom. The van der Waals surface area contributed by atoms with Crippen molar-refractivity contribution in [2.45, 2.75) is 31.7 Å². The molecule has 1 aliphatic rings. The molecule has 0 bridgehead atoms. The summed E-state index contributed by atoms with van der Waals surface area (Å²) in [5, 5.41) is 11.6. The fraction of sp³-hybridized carbons (Fsp3) is 0.364. The van der Waals surface area contributed by atoms with Gasteiger partial charge in [-0.25, -0.2) is 4.79 Å². The van der Waals surface area contributed by atoms with Crippen molar-refractivity contribution in [1.82, 2.24) is 5.32 Å². The zero-order valence-corrected chi connectivity index (χ0v) is 15.9. The number of hydrogen-bond acceptors (Lipinski definition) is 4. The maximum atomic E-state index is 12.3. The van der Waals surface area contributed by atoms with E-state index in [0.29, 0.717) is 6.61 Å². The van der Waals surface area contributed by atoms with Gasteiger partial charge in [-0.05, 0) is 28.7 Å². The summed E-state index contributed by atoms with van der Waals surface area (Å²) in [5.41, 5.74) is 4.57. The predicted octanol–water partition coefficient (Wildman–Crippen LogP) is 3.80. The lowest BCUT2D eigenvalue weighted by atomic mass is 9.98. The number of hydrogen-bond donors (Lipinski definition) is 2. The monoisotopic (exact) mass is 383 g/mol. The molecule has 0 aliphatic heterocycles. The Morgan fingerprint density at radius 3 is 2.25 bits per heavy atom. The summed E-state index contributed by atoms with van der Waals surface area (Å²) in [5.74, 6) is -1.03. The van der Waals surface area contributed by atoms with Crippen molar-refractivity contribution in [2.24, 2.45) is 0 Å². The van der Waals surface area contributed by atoms with Crippen molar-refractivity contribution in [2.75, 3.05) is 19.8 Å². The SMILES string of the molecule is CCCOCC(CC(=O)O)NC(=O)OCC1c2ccccc2-c2ccccc21. The van der Waals surface area contributed by atoms with E-state index in [4.69, 9.17) is 14.6 Å². The topological polar surface area (TPSA) is 84.9 Å². The molecule has 2 aromatic rings. The normalized spacial score (nSPS) is 13.5. The molecular formula is C22H25NO5. The van der Waals surface area contributed by atoms with Crippen molar-refractivity contribution >= 4 is 12.1 Å². The molecule has 0 heterocycles. The van der Waals surface area contributed by atoms with E-state index >= 15 is 0 Å². The smallest absolute Gasteiger partial charge is 0.407 e. The van der Waals surface area contributed by atoms with Crippen molar-refractivity contribution in [3.8, 4) is 11.1 Å². The first-order valence-corrected chi connectivity index (χ1v) is 9.51. The van der Waals surface area contributed by atoms with Crippen LogP contribution in [-0.2, 0) is 14.3 Å². The summed E-state index contributed by atoms with van der Waals surface area (Å²) < 4.78 is 10.8. The molecule has 0 aromatic heterocycles. The molecular weight excluding hydrogens is 358 g/mol. The maximum Gasteiger partial charge on any atom is 0.407 e. The zero-order valence-electron chi connectivity index (χ0n) is 15.9. The molecule has 28 heavy (non-hydrogen) atoms. The highest BCUT2D eigenvalue weighted by atomic mass is 16.5. The molecule has 2 N–H and O–H groups in total. The van der Waals surface area contributed by atoms with Gasteiger partial charge in [-0.3, -0.25) is 4.79 Å². The second-order valence-corrected chi connectivity index (χ2v) is 6.84. The van der Waals surface area contributed by atoms with Gasteiger partial charge in [0.25, 0.3) is 0 Å². The van der Waals surface area contributed by atoms with Gasteiger partial charge in [0, 0.05) is 12.5 Å². The van der Waals surface area contributed by atoms with Crippen LogP contribution in [0, 0.1) is 0 Å². The number of carboxylic acids is 1. The summed E-state index contributed by atoms with van der Waals surface area (Å²) >= 11 is 0. The quantitative estimate of drug-likeness (QED) is 0.644. The van der Waals surface area contributed by atoms with Crippen molar-refractivity contribution < 1.29 is 24.2 Å². The Kier molecular flexibility index (Phi) is 6.66. The molecule has 0 spiro atoms. The molecule has 3 rings (SSSR count). The Hall–Kier alpha value is -2.86. The number of carboxylic acid groups (broad SMARTS) is 1. The van der Waals surface area contributed by atoms with E-state index in [1.54, 1.807) is 0 Å². The molecule has 0 fully saturated rings. The third-order valence-electron chi connectivity index (χ3n) is 4.75. The van der Waals surface area contributed by atoms with Crippen molar-refractivity contribution in [1.29, 1.82) is 0 Å². The van der Waals surface area contributed by atoms with Gasteiger partial charge in [0.2, 0.25) is 0 Å². The minimum absolute atomic E-state index is 0.0348. The molecule has 1 atom stereocenters. The van der Waals surface area contributed by atoms with E-state index in [-0.39, 0.29) is 25.6 Å². The highest BCUT2D eigenvalue weighted by Crippen LogP contribution is 2.44. The summed E-state index contributed by atoms with van der Waals surface area (Å²) in [4.78, 5) is 23.3.